The van der Waals surface area contributed by atoms with Crippen molar-refractivity contribution in [3.63, 3.8) is 0 Å². The van der Waals surface area contributed by atoms with Crippen LogP contribution in [0.1, 0.15) is 0 Å². The van der Waals surface area contributed by atoms with Crippen LogP contribution in [-0.4, -0.2) is 9.13 Å². The fourth-order valence-electron chi connectivity index (χ4n) is 8.49. The van der Waals surface area contributed by atoms with Crippen LogP contribution >= 0.6 is 0 Å². The van der Waals surface area contributed by atoms with Gasteiger partial charge in [0.05, 0.1) is 27.8 Å². The van der Waals surface area contributed by atoms with Crippen LogP contribution in [0.3, 0.4) is 0 Å². The molecule has 2 aromatic heterocycles. The first-order chi connectivity index (χ1) is 25.8. The van der Waals surface area contributed by atoms with Crippen LogP contribution in [0, 0.1) is 0 Å². The minimum atomic E-state index is 1.18. The molecule has 0 saturated heterocycles. The summed E-state index contributed by atoms with van der Waals surface area (Å²) in [6, 6.07) is 70.9. The lowest BCUT2D eigenvalue weighted by Gasteiger charge is -2.14. The summed E-state index contributed by atoms with van der Waals surface area (Å²) in [5.74, 6) is 0. The van der Waals surface area contributed by atoms with E-state index in [0.717, 1.165) is 0 Å². The lowest BCUT2D eigenvalue weighted by Crippen LogP contribution is -1.96. The van der Waals surface area contributed by atoms with Crippen LogP contribution in [0.25, 0.3) is 98.8 Å². The van der Waals surface area contributed by atoms with Crippen molar-refractivity contribution in [2.24, 2.45) is 0 Å². The molecule has 0 spiro atoms. The molecule has 0 bridgehead atoms. The molecule has 0 aliphatic heterocycles. The average Bonchev–Trinajstić information content (AvgIpc) is 3.73. The molecule has 0 unspecified atom stereocenters. The minimum Gasteiger partial charge on any atom is -0.309 e. The van der Waals surface area contributed by atoms with Crippen molar-refractivity contribution in [3.8, 4) is 33.6 Å². The second kappa shape index (κ2) is 11.3. The molecule has 11 rings (SSSR count). The zero-order valence-electron chi connectivity index (χ0n) is 28.4. The predicted molar refractivity (Wildman–Crippen MR) is 221 cm³/mol. The highest BCUT2D eigenvalue weighted by molar-refractivity contribution is 6.16. The molecule has 0 aliphatic rings. The van der Waals surface area contributed by atoms with Gasteiger partial charge in [-0.2, -0.15) is 0 Å². The van der Waals surface area contributed by atoms with Gasteiger partial charge in [0.2, 0.25) is 0 Å². The number of para-hydroxylation sites is 3. The van der Waals surface area contributed by atoms with Crippen LogP contribution in [0.2, 0.25) is 0 Å². The molecule has 0 fully saturated rings. The molecule has 0 saturated carbocycles. The van der Waals surface area contributed by atoms with Crippen LogP contribution in [0.4, 0.5) is 0 Å². The Bertz CT molecular complexity index is 3160. The summed E-state index contributed by atoms with van der Waals surface area (Å²) in [4.78, 5) is 0. The molecule has 0 aliphatic carbocycles. The van der Waals surface area contributed by atoms with Gasteiger partial charge >= 0.3 is 0 Å². The molecule has 52 heavy (non-hydrogen) atoms. The molecule has 9 aromatic carbocycles. The van der Waals surface area contributed by atoms with E-state index in [4.69, 9.17) is 0 Å². The zero-order chi connectivity index (χ0) is 34.2. The van der Waals surface area contributed by atoms with Gasteiger partial charge in [0.1, 0.15) is 0 Å². The quantitative estimate of drug-likeness (QED) is 0.166. The first kappa shape index (κ1) is 28.9. The van der Waals surface area contributed by atoms with Crippen LogP contribution in [0.15, 0.2) is 194 Å². The summed E-state index contributed by atoms with van der Waals surface area (Å²) in [6.45, 7) is 0. The van der Waals surface area contributed by atoms with E-state index in [9.17, 15) is 0 Å². The smallest absolute Gasteiger partial charge is 0.0546 e. The summed E-state index contributed by atoms with van der Waals surface area (Å²) in [6.07, 6.45) is 0. The van der Waals surface area contributed by atoms with E-state index in [-0.39, 0.29) is 0 Å². The van der Waals surface area contributed by atoms with Gasteiger partial charge in [0.25, 0.3) is 0 Å². The highest BCUT2D eigenvalue weighted by Gasteiger charge is 2.17. The van der Waals surface area contributed by atoms with Gasteiger partial charge in [-0.25, -0.2) is 0 Å². The van der Waals surface area contributed by atoms with E-state index >= 15 is 0 Å². The maximum absolute atomic E-state index is 2.46. The summed E-state index contributed by atoms with van der Waals surface area (Å²) in [5, 5.41) is 10.1. The van der Waals surface area contributed by atoms with E-state index in [0.29, 0.717) is 0 Å². The molecule has 2 heteroatoms. The Balaban J connectivity index is 1.02. The molecule has 11 aromatic rings. The molecular formula is C50H32N2. The van der Waals surface area contributed by atoms with Gasteiger partial charge in [0, 0.05) is 32.6 Å². The first-order valence-electron chi connectivity index (χ1n) is 17.9. The maximum atomic E-state index is 2.46. The maximum Gasteiger partial charge on any atom is 0.0546 e. The molecule has 0 amide bonds. The van der Waals surface area contributed by atoms with Gasteiger partial charge in [-0.3, -0.25) is 0 Å². The van der Waals surface area contributed by atoms with Crippen molar-refractivity contribution in [1.82, 2.24) is 9.13 Å². The van der Waals surface area contributed by atoms with Gasteiger partial charge in [-0.15, -0.1) is 0 Å². The monoisotopic (exact) mass is 660 g/mol. The van der Waals surface area contributed by atoms with E-state index in [2.05, 4.69) is 203 Å². The average molecular weight is 661 g/mol. The van der Waals surface area contributed by atoms with Gasteiger partial charge in [0.15, 0.2) is 0 Å². The fraction of sp³-hybridized carbons (Fsp3) is 0. The van der Waals surface area contributed by atoms with Gasteiger partial charge in [-0.05, 0) is 93.0 Å². The molecule has 242 valence electrons. The van der Waals surface area contributed by atoms with Crippen molar-refractivity contribution >= 4 is 65.2 Å². The molecule has 2 heterocycles. The molecule has 0 radical (unpaired) electrons. The number of hydrogen-bond acceptors (Lipinski definition) is 0. The minimum absolute atomic E-state index is 1.18. The fourth-order valence-corrected chi connectivity index (χ4v) is 8.49. The molecule has 2 nitrogen and oxygen atoms in total. The number of benzene rings is 9. The number of aromatic nitrogens is 2. The lowest BCUT2D eigenvalue weighted by atomic mass is 9.98. The Morgan fingerprint density at radius 2 is 0.692 bits per heavy atom. The number of nitrogens with zero attached hydrogens (tertiary/aromatic N) is 2. The van der Waals surface area contributed by atoms with Crippen molar-refractivity contribution in [2.75, 3.05) is 0 Å². The Kier molecular flexibility index (Phi) is 6.28. The molecular weight excluding hydrogens is 629 g/mol. The van der Waals surface area contributed by atoms with Gasteiger partial charge in [-0.1, -0.05) is 140 Å². The summed E-state index contributed by atoms with van der Waals surface area (Å²) < 4.78 is 4.82. The van der Waals surface area contributed by atoms with Crippen molar-refractivity contribution < 1.29 is 0 Å². The van der Waals surface area contributed by atoms with E-state index in [1.165, 1.54) is 98.8 Å². The summed E-state index contributed by atoms with van der Waals surface area (Å²) in [7, 11) is 0. The van der Waals surface area contributed by atoms with Crippen LogP contribution < -0.4 is 0 Å². The second-order valence-corrected chi connectivity index (χ2v) is 13.7. The topological polar surface area (TPSA) is 9.86 Å². The highest BCUT2D eigenvalue weighted by atomic mass is 15.0. The number of rotatable bonds is 4. The van der Waals surface area contributed by atoms with Crippen molar-refractivity contribution in [3.05, 3.63) is 194 Å². The lowest BCUT2D eigenvalue weighted by molar-refractivity contribution is 1.18. The molecule has 0 N–H and O–H groups in total. The van der Waals surface area contributed by atoms with Crippen LogP contribution in [0.5, 0.6) is 0 Å². The second-order valence-electron chi connectivity index (χ2n) is 13.7. The van der Waals surface area contributed by atoms with E-state index < -0.39 is 0 Å². The van der Waals surface area contributed by atoms with E-state index in [1.54, 1.807) is 0 Å². The van der Waals surface area contributed by atoms with Crippen molar-refractivity contribution in [2.45, 2.75) is 0 Å². The zero-order valence-corrected chi connectivity index (χ0v) is 28.4. The third-order valence-corrected chi connectivity index (χ3v) is 10.9. The van der Waals surface area contributed by atoms with Crippen molar-refractivity contribution in [1.29, 1.82) is 0 Å². The Morgan fingerprint density at radius 3 is 1.33 bits per heavy atom. The molecule has 0 atom stereocenters. The number of fused-ring (bicyclic) bond motifs is 9. The normalized spacial score (nSPS) is 11.8. The largest absolute Gasteiger partial charge is 0.309 e. The van der Waals surface area contributed by atoms with E-state index in [1.807, 2.05) is 0 Å². The SMILES string of the molecule is c1ccc(-n2c3ccccc3c3cc(-c4ccc(-c5ccc6c(c5)c5ccccc5n6-c5cc6ccccc6c6ccccc56)cc4)ccc32)cc1. The third kappa shape index (κ3) is 4.31. The highest BCUT2D eigenvalue weighted by Crippen LogP contribution is 2.40. The predicted octanol–water partition coefficient (Wildman–Crippen LogP) is 13.5. The third-order valence-electron chi connectivity index (χ3n) is 10.9. The summed E-state index contributed by atoms with van der Waals surface area (Å²) in [5.41, 5.74) is 12.1. The van der Waals surface area contributed by atoms with Gasteiger partial charge < -0.3 is 9.13 Å². The first-order valence-corrected chi connectivity index (χ1v) is 17.9. The number of hydrogen-bond donors (Lipinski definition) is 0. The standard InChI is InChI=1S/C50H32N2/c1-2-13-38(14-3-1)51-46-20-10-8-18-42(46)44-30-35(26-28-48(44)51)33-22-24-34(25-23-33)36-27-29-49-45(31-36)43-19-9-11-21-47(43)52(49)50-32-37-12-4-5-15-39(37)40-16-6-7-17-41(40)50/h1-32H. The summed E-state index contributed by atoms with van der Waals surface area (Å²) >= 11 is 0. The Hall–Kier alpha value is -6.90. The Labute approximate surface area is 301 Å². The van der Waals surface area contributed by atoms with Crippen LogP contribution in [-0.2, 0) is 0 Å². The Morgan fingerprint density at radius 1 is 0.250 bits per heavy atom.